The second kappa shape index (κ2) is 6.43. The molecule has 1 heterocycles. The summed E-state index contributed by atoms with van der Waals surface area (Å²) in [4.78, 5) is 42.6. The van der Waals surface area contributed by atoms with Gasteiger partial charge in [-0.3, -0.25) is 19.7 Å². The highest BCUT2D eigenvalue weighted by atomic mass is 35.5. The third-order valence-corrected chi connectivity index (χ3v) is 3.93. The Hall–Kier alpha value is -2.70. The summed E-state index contributed by atoms with van der Waals surface area (Å²) in [6.07, 6.45) is 0. The predicted octanol–water partition coefficient (Wildman–Crippen LogP) is 2.80. The van der Waals surface area contributed by atoms with Crippen molar-refractivity contribution in [2.24, 2.45) is 0 Å². The summed E-state index contributed by atoms with van der Waals surface area (Å²) in [6.45, 7) is 0. The number of nitrogens with zero attached hydrogens (tertiary/aromatic N) is 1. The quantitative estimate of drug-likeness (QED) is 0.686. The van der Waals surface area contributed by atoms with Gasteiger partial charge in [-0.05, 0) is 24.3 Å². The number of carbonyl (C=O) groups excluding carboxylic acids is 2. The van der Waals surface area contributed by atoms with E-state index in [9.17, 15) is 14.4 Å². The van der Waals surface area contributed by atoms with Crippen molar-refractivity contribution in [1.29, 1.82) is 0 Å². The topological polar surface area (TPSA) is 91.9 Å². The van der Waals surface area contributed by atoms with Crippen molar-refractivity contribution in [3.05, 3.63) is 74.1 Å². The summed E-state index contributed by atoms with van der Waals surface area (Å²) in [6, 6.07) is 11.0. The van der Waals surface area contributed by atoms with E-state index in [-0.39, 0.29) is 21.1 Å². The lowest BCUT2D eigenvalue weighted by Crippen LogP contribution is -2.35. The van der Waals surface area contributed by atoms with Gasteiger partial charge in [0.15, 0.2) is 5.69 Å². The van der Waals surface area contributed by atoms with E-state index < -0.39 is 23.1 Å². The van der Waals surface area contributed by atoms with Crippen LogP contribution in [0.15, 0.2) is 47.3 Å². The minimum absolute atomic E-state index is 0.232. The third kappa shape index (κ3) is 3.15. The van der Waals surface area contributed by atoms with Gasteiger partial charge in [0, 0.05) is 5.56 Å². The molecule has 6 nitrogen and oxygen atoms in total. The van der Waals surface area contributed by atoms with Crippen molar-refractivity contribution in [2.75, 3.05) is 0 Å². The van der Waals surface area contributed by atoms with Gasteiger partial charge in [-0.25, -0.2) is 4.98 Å². The van der Waals surface area contributed by atoms with Crippen LogP contribution in [0.5, 0.6) is 0 Å². The molecule has 0 aliphatic rings. The fourth-order valence-electron chi connectivity index (χ4n) is 2.06. The number of hydrogen-bond donors (Lipinski definition) is 2. The van der Waals surface area contributed by atoms with Gasteiger partial charge < -0.3 is 4.98 Å². The molecule has 8 heteroatoms. The standard InChI is InChI=1S/C16H9Cl2N3O3/c17-9-6-11-12(7-10(9)18)20-15(23)13(19-11)16(24)21-14(22)8-4-2-1-3-5-8/h1-7H,(H,20,23)(H,21,22,24). The second-order valence-corrected chi connectivity index (χ2v) is 5.66. The number of carbonyl (C=O) groups is 2. The molecule has 24 heavy (non-hydrogen) atoms. The molecular formula is C16H9Cl2N3O3. The van der Waals surface area contributed by atoms with E-state index in [4.69, 9.17) is 23.2 Å². The number of aromatic nitrogens is 2. The van der Waals surface area contributed by atoms with Gasteiger partial charge in [0.05, 0.1) is 21.1 Å². The number of nitrogens with one attached hydrogen (secondary N) is 2. The maximum absolute atomic E-state index is 12.2. The van der Waals surface area contributed by atoms with Crippen LogP contribution in [-0.4, -0.2) is 21.8 Å². The number of benzene rings is 2. The smallest absolute Gasteiger partial charge is 0.282 e. The molecule has 0 aliphatic carbocycles. The highest BCUT2D eigenvalue weighted by molar-refractivity contribution is 6.42. The molecule has 0 bridgehead atoms. The van der Waals surface area contributed by atoms with Gasteiger partial charge in [0.2, 0.25) is 0 Å². The van der Waals surface area contributed by atoms with Gasteiger partial charge in [0.1, 0.15) is 0 Å². The molecule has 0 atom stereocenters. The molecule has 0 aliphatic heterocycles. The zero-order chi connectivity index (χ0) is 17.3. The van der Waals surface area contributed by atoms with Crippen molar-refractivity contribution < 1.29 is 9.59 Å². The molecule has 120 valence electrons. The highest BCUT2D eigenvalue weighted by Crippen LogP contribution is 2.25. The number of H-pyrrole nitrogens is 1. The second-order valence-electron chi connectivity index (χ2n) is 4.85. The zero-order valence-electron chi connectivity index (χ0n) is 12.0. The maximum Gasteiger partial charge on any atom is 0.282 e. The number of aromatic amines is 1. The summed E-state index contributed by atoms with van der Waals surface area (Å²) in [5, 5.41) is 2.60. The predicted molar refractivity (Wildman–Crippen MR) is 90.6 cm³/mol. The largest absolute Gasteiger partial charge is 0.319 e. The van der Waals surface area contributed by atoms with E-state index in [2.05, 4.69) is 15.3 Å². The molecule has 2 N–H and O–H groups in total. The van der Waals surface area contributed by atoms with Crippen LogP contribution < -0.4 is 10.9 Å². The van der Waals surface area contributed by atoms with Gasteiger partial charge in [-0.1, -0.05) is 41.4 Å². The van der Waals surface area contributed by atoms with Crippen molar-refractivity contribution in [1.82, 2.24) is 15.3 Å². The Balaban J connectivity index is 1.95. The first kappa shape index (κ1) is 16.2. The first-order valence-corrected chi connectivity index (χ1v) is 7.51. The average Bonchev–Trinajstić information content (AvgIpc) is 2.56. The fraction of sp³-hybridized carbons (Fsp3) is 0. The van der Waals surface area contributed by atoms with E-state index in [1.54, 1.807) is 30.3 Å². The molecule has 0 saturated carbocycles. The number of halogens is 2. The Labute approximate surface area is 145 Å². The minimum Gasteiger partial charge on any atom is -0.319 e. The fourth-order valence-corrected chi connectivity index (χ4v) is 2.38. The molecular weight excluding hydrogens is 353 g/mol. The van der Waals surface area contributed by atoms with E-state index in [0.717, 1.165) is 0 Å². The van der Waals surface area contributed by atoms with Gasteiger partial charge in [0.25, 0.3) is 17.4 Å². The lowest BCUT2D eigenvalue weighted by Gasteiger charge is -2.05. The Morgan fingerprint density at radius 1 is 1.00 bits per heavy atom. The average molecular weight is 362 g/mol. The molecule has 1 aromatic heterocycles. The van der Waals surface area contributed by atoms with Gasteiger partial charge in [-0.15, -0.1) is 0 Å². The first-order chi connectivity index (χ1) is 11.5. The SMILES string of the molecule is O=C(NC(=O)c1nc2cc(Cl)c(Cl)cc2[nH]c1=O)c1ccccc1. The molecule has 3 rings (SSSR count). The van der Waals surface area contributed by atoms with Crippen LogP contribution in [0.25, 0.3) is 11.0 Å². The maximum atomic E-state index is 12.2. The normalized spacial score (nSPS) is 10.6. The number of amides is 2. The van der Waals surface area contributed by atoms with Crippen molar-refractivity contribution in [3.63, 3.8) is 0 Å². The van der Waals surface area contributed by atoms with Crippen LogP contribution in [0.1, 0.15) is 20.8 Å². The van der Waals surface area contributed by atoms with Crippen LogP contribution in [0.2, 0.25) is 10.0 Å². The number of hydrogen-bond acceptors (Lipinski definition) is 4. The van der Waals surface area contributed by atoms with Crippen LogP contribution in [0, 0.1) is 0 Å². The molecule has 2 amide bonds. The van der Waals surface area contributed by atoms with E-state index in [1.807, 2.05) is 0 Å². The number of rotatable bonds is 2. The molecule has 0 saturated heterocycles. The monoisotopic (exact) mass is 361 g/mol. The Morgan fingerprint density at radius 2 is 1.67 bits per heavy atom. The van der Waals surface area contributed by atoms with Crippen LogP contribution in [0.3, 0.4) is 0 Å². The minimum atomic E-state index is -0.905. The highest BCUT2D eigenvalue weighted by Gasteiger charge is 2.18. The van der Waals surface area contributed by atoms with E-state index in [1.165, 1.54) is 12.1 Å². The van der Waals surface area contributed by atoms with Crippen molar-refractivity contribution in [2.45, 2.75) is 0 Å². The van der Waals surface area contributed by atoms with E-state index in [0.29, 0.717) is 5.52 Å². The number of fused-ring (bicyclic) bond motifs is 1. The first-order valence-electron chi connectivity index (χ1n) is 6.75. The summed E-state index contributed by atoms with van der Waals surface area (Å²) in [7, 11) is 0. The molecule has 3 aromatic rings. The van der Waals surface area contributed by atoms with Crippen molar-refractivity contribution in [3.8, 4) is 0 Å². The molecule has 2 aromatic carbocycles. The molecule has 0 radical (unpaired) electrons. The van der Waals surface area contributed by atoms with Crippen LogP contribution >= 0.6 is 23.2 Å². The van der Waals surface area contributed by atoms with Gasteiger partial charge >= 0.3 is 0 Å². The third-order valence-electron chi connectivity index (χ3n) is 3.21. The lowest BCUT2D eigenvalue weighted by atomic mass is 10.2. The lowest BCUT2D eigenvalue weighted by molar-refractivity contribution is 0.0845. The molecule has 0 unspecified atom stereocenters. The summed E-state index contributed by atoms with van der Waals surface area (Å²) in [5.74, 6) is -1.53. The van der Waals surface area contributed by atoms with E-state index >= 15 is 0 Å². The zero-order valence-corrected chi connectivity index (χ0v) is 13.5. The Bertz CT molecular complexity index is 1020. The molecule has 0 fully saturated rings. The van der Waals surface area contributed by atoms with Crippen LogP contribution in [-0.2, 0) is 0 Å². The van der Waals surface area contributed by atoms with Crippen LogP contribution in [0.4, 0.5) is 0 Å². The molecule has 0 spiro atoms. The Morgan fingerprint density at radius 3 is 2.38 bits per heavy atom. The van der Waals surface area contributed by atoms with Crippen molar-refractivity contribution >= 4 is 46.0 Å². The summed E-state index contributed by atoms with van der Waals surface area (Å²) < 4.78 is 0. The summed E-state index contributed by atoms with van der Waals surface area (Å²) in [5.41, 5.74) is -0.274. The summed E-state index contributed by atoms with van der Waals surface area (Å²) >= 11 is 11.8. The Kier molecular flexibility index (Phi) is 4.33. The number of imide groups is 1. The van der Waals surface area contributed by atoms with Gasteiger partial charge in [-0.2, -0.15) is 0 Å².